The van der Waals surface area contributed by atoms with Gasteiger partial charge in [0.25, 0.3) is 0 Å². The van der Waals surface area contributed by atoms with Crippen molar-refractivity contribution in [2.24, 2.45) is 0 Å². The van der Waals surface area contributed by atoms with Crippen molar-refractivity contribution in [3.8, 4) is 0 Å². The number of rotatable bonds is 9. The Balaban J connectivity index is 1.73. The molecule has 0 aliphatic carbocycles. The maximum absolute atomic E-state index is 5.87. The van der Waals surface area contributed by atoms with Crippen LogP contribution in [0.25, 0.3) is 0 Å². The fourth-order valence-corrected chi connectivity index (χ4v) is 3.10. The van der Waals surface area contributed by atoms with Gasteiger partial charge in [0.2, 0.25) is 0 Å². The predicted molar refractivity (Wildman–Crippen MR) is 89.7 cm³/mol. The summed E-state index contributed by atoms with van der Waals surface area (Å²) in [7, 11) is 0. The summed E-state index contributed by atoms with van der Waals surface area (Å²) in [5, 5.41) is 3.72. The Labute approximate surface area is 130 Å². The molecule has 0 bridgehead atoms. The number of hydrogen-bond donors (Lipinski definition) is 1. The highest BCUT2D eigenvalue weighted by Gasteiger charge is 2.16. The van der Waals surface area contributed by atoms with Gasteiger partial charge in [-0.05, 0) is 63.5 Å². The molecule has 1 aliphatic heterocycles. The zero-order valence-corrected chi connectivity index (χ0v) is 13.5. The summed E-state index contributed by atoms with van der Waals surface area (Å²) < 4.78 is 5.87. The Kier molecular flexibility index (Phi) is 7.83. The monoisotopic (exact) mass is 289 g/mol. The molecule has 1 aromatic rings. The van der Waals surface area contributed by atoms with E-state index in [1.807, 2.05) is 0 Å². The van der Waals surface area contributed by atoms with Crippen LogP contribution in [0.15, 0.2) is 30.3 Å². The van der Waals surface area contributed by atoms with Crippen LogP contribution in [-0.2, 0) is 11.2 Å². The van der Waals surface area contributed by atoms with E-state index < -0.39 is 0 Å². The van der Waals surface area contributed by atoms with Crippen LogP contribution in [0.4, 0.5) is 0 Å². The maximum Gasteiger partial charge on any atom is 0.0575 e. The van der Waals surface area contributed by atoms with Crippen molar-refractivity contribution in [3.63, 3.8) is 0 Å². The molecule has 1 aliphatic rings. The number of aryl methyl sites for hydroxylation is 1. The first-order chi connectivity index (χ1) is 10.4. The first-order valence-corrected chi connectivity index (χ1v) is 8.77. The minimum atomic E-state index is 0.515. The lowest BCUT2D eigenvalue weighted by molar-refractivity contribution is 0.00845. The topological polar surface area (TPSA) is 21.3 Å². The van der Waals surface area contributed by atoms with Crippen LogP contribution >= 0.6 is 0 Å². The van der Waals surface area contributed by atoms with E-state index in [1.54, 1.807) is 0 Å². The molecule has 21 heavy (non-hydrogen) atoms. The van der Waals surface area contributed by atoms with Crippen LogP contribution < -0.4 is 5.32 Å². The van der Waals surface area contributed by atoms with Crippen molar-refractivity contribution in [1.29, 1.82) is 0 Å². The van der Waals surface area contributed by atoms with Gasteiger partial charge in [0.05, 0.1) is 6.10 Å². The summed E-state index contributed by atoms with van der Waals surface area (Å²) >= 11 is 0. The van der Waals surface area contributed by atoms with Crippen molar-refractivity contribution in [1.82, 2.24) is 5.32 Å². The molecule has 2 atom stereocenters. The van der Waals surface area contributed by atoms with Crippen LogP contribution in [-0.4, -0.2) is 25.3 Å². The molecule has 0 spiro atoms. The van der Waals surface area contributed by atoms with Crippen LogP contribution in [0.2, 0.25) is 0 Å². The number of benzene rings is 1. The van der Waals surface area contributed by atoms with Gasteiger partial charge in [0, 0.05) is 12.6 Å². The summed E-state index contributed by atoms with van der Waals surface area (Å²) in [5.41, 5.74) is 1.45. The molecule has 1 fully saturated rings. The van der Waals surface area contributed by atoms with Crippen LogP contribution in [0.1, 0.15) is 57.4 Å². The van der Waals surface area contributed by atoms with Gasteiger partial charge in [-0.1, -0.05) is 37.3 Å². The van der Waals surface area contributed by atoms with Gasteiger partial charge >= 0.3 is 0 Å². The Morgan fingerprint density at radius 3 is 2.76 bits per heavy atom. The van der Waals surface area contributed by atoms with E-state index in [2.05, 4.69) is 42.6 Å². The molecule has 1 N–H and O–H groups in total. The summed E-state index contributed by atoms with van der Waals surface area (Å²) in [6.07, 6.45) is 10.5. The standard InChI is InChI=1S/C19H31NO/c1-2-15-20-18(12-11-17-8-4-3-5-9-17)13-14-19-10-6-7-16-21-19/h3-5,8-9,18-20H,2,6-7,10-16H2,1H3. The quantitative estimate of drug-likeness (QED) is 0.730. The van der Waals surface area contributed by atoms with Crippen molar-refractivity contribution in [2.75, 3.05) is 13.2 Å². The molecular formula is C19H31NO. The van der Waals surface area contributed by atoms with Crippen molar-refractivity contribution < 1.29 is 4.74 Å². The number of hydrogen-bond acceptors (Lipinski definition) is 2. The zero-order valence-electron chi connectivity index (χ0n) is 13.5. The Hall–Kier alpha value is -0.860. The second-order valence-electron chi connectivity index (χ2n) is 6.24. The molecule has 1 heterocycles. The van der Waals surface area contributed by atoms with E-state index in [4.69, 9.17) is 4.74 Å². The molecule has 2 unspecified atom stereocenters. The fourth-order valence-electron chi connectivity index (χ4n) is 3.10. The normalized spacial score (nSPS) is 20.3. The molecule has 0 radical (unpaired) electrons. The summed E-state index contributed by atoms with van der Waals surface area (Å²) in [6.45, 7) is 4.35. The first-order valence-electron chi connectivity index (χ1n) is 8.77. The predicted octanol–water partition coefficient (Wildman–Crippen LogP) is 4.34. The molecule has 0 amide bonds. The van der Waals surface area contributed by atoms with E-state index in [1.165, 1.54) is 56.9 Å². The SMILES string of the molecule is CCCNC(CCc1ccccc1)CCC1CCCCO1. The van der Waals surface area contributed by atoms with Crippen molar-refractivity contribution in [2.45, 2.75) is 70.4 Å². The van der Waals surface area contributed by atoms with E-state index in [9.17, 15) is 0 Å². The van der Waals surface area contributed by atoms with Gasteiger partial charge in [-0.3, -0.25) is 0 Å². The lowest BCUT2D eigenvalue weighted by Gasteiger charge is -2.25. The highest BCUT2D eigenvalue weighted by molar-refractivity contribution is 5.14. The highest BCUT2D eigenvalue weighted by atomic mass is 16.5. The third-order valence-corrected chi connectivity index (χ3v) is 4.42. The lowest BCUT2D eigenvalue weighted by atomic mass is 9.97. The average Bonchev–Trinajstić information content (AvgIpc) is 2.56. The van der Waals surface area contributed by atoms with E-state index >= 15 is 0 Å². The molecule has 0 saturated carbocycles. The summed E-state index contributed by atoms with van der Waals surface area (Å²) in [4.78, 5) is 0. The van der Waals surface area contributed by atoms with Crippen LogP contribution in [0.3, 0.4) is 0 Å². The molecular weight excluding hydrogens is 258 g/mol. The largest absolute Gasteiger partial charge is 0.378 e. The zero-order chi connectivity index (χ0) is 14.8. The van der Waals surface area contributed by atoms with Crippen molar-refractivity contribution >= 4 is 0 Å². The van der Waals surface area contributed by atoms with E-state index in [-0.39, 0.29) is 0 Å². The van der Waals surface area contributed by atoms with Gasteiger partial charge in [-0.15, -0.1) is 0 Å². The Morgan fingerprint density at radius 1 is 1.19 bits per heavy atom. The maximum atomic E-state index is 5.87. The Bertz CT molecular complexity index is 359. The fraction of sp³-hybridized carbons (Fsp3) is 0.684. The smallest absolute Gasteiger partial charge is 0.0575 e. The van der Waals surface area contributed by atoms with Gasteiger partial charge in [0.15, 0.2) is 0 Å². The van der Waals surface area contributed by atoms with Gasteiger partial charge < -0.3 is 10.1 Å². The number of ether oxygens (including phenoxy) is 1. The summed E-state index contributed by atoms with van der Waals surface area (Å²) in [6, 6.07) is 11.5. The molecule has 1 aromatic carbocycles. The molecule has 118 valence electrons. The third kappa shape index (κ3) is 6.62. The number of nitrogens with one attached hydrogen (secondary N) is 1. The van der Waals surface area contributed by atoms with E-state index in [0.29, 0.717) is 12.1 Å². The second-order valence-corrected chi connectivity index (χ2v) is 6.24. The average molecular weight is 289 g/mol. The van der Waals surface area contributed by atoms with Gasteiger partial charge in [0.1, 0.15) is 0 Å². The highest BCUT2D eigenvalue weighted by Crippen LogP contribution is 2.19. The minimum Gasteiger partial charge on any atom is -0.378 e. The molecule has 1 saturated heterocycles. The molecule has 0 aromatic heterocycles. The molecule has 2 heteroatoms. The van der Waals surface area contributed by atoms with Gasteiger partial charge in [-0.25, -0.2) is 0 Å². The van der Waals surface area contributed by atoms with E-state index in [0.717, 1.165) is 13.2 Å². The molecule has 2 nitrogen and oxygen atoms in total. The molecule has 2 rings (SSSR count). The van der Waals surface area contributed by atoms with Crippen LogP contribution in [0, 0.1) is 0 Å². The minimum absolute atomic E-state index is 0.515. The Morgan fingerprint density at radius 2 is 2.05 bits per heavy atom. The van der Waals surface area contributed by atoms with Crippen LogP contribution in [0.5, 0.6) is 0 Å². The second kappa shape index (κ2) is 9.97. The summed E-state index contributed by atoms with van der Waals surface area (Å²) in [5.74, 6) is 0. The van der Waals surface area contributed by atoms with Gasteiger partial charge in [-0.2, -0.15) is 0 Å². The lowest BCUT2D eigenvalue weighted by Crippen LogP contribution is -2.32. The third-order valence-electron chi connectivity index (χ3n) is 4.42. The van der Waals surface area contributed by atoms with Crippen molar-refractivity contribution in [3.05, 3.63) is 35.9 Å². The first kappa shape index (κ1) is 16.5.